The molecule has 3 heterocycles. The Morgan fingerprint density at radius 3 is 1.11 bits per heavy atom. The average molecular weight is 1320 g/mol. The fraction of sp³-hybridized carbons (Fsp3) is 0. The summed E-state index contributed by atoms with van der Waals surface area (Å²) < 4.78 is 4.40. The molecule has 16 rings (SSSR count). The molecule has 16 aromatic rings. The van der Waals surface area contributed by atoms with E-state index in [1.54, 1.807) is 72.8 Å². The molecule has 0 saturated carbocycles. The normalized spacial score (nSPS) is 10.8. The number of aromatic nitrogens is 5. The minimum absolute atomic E-state index is 0.316. The van der Waals surface area contributed by atoms with Crippen LogP contribution in [0.2, 0.25) is 0 Å². The molecule has 13 aromatic carbocycles. The van der Waals surface area contributed by atoms with Crippen molar-refractivity contribution in [1.29, 1.82) is 21.0 Å². The van der Waals surface area contributed by atoms with E-state index in [0.29, 0.717) is 102 Å². The van der Waals surface area contributed by atoms with Crippen LogP contribution in [0.4, 0.5) is 28.4 Å². The van der Waals surface area contributed by atoms with Gasteiger partial charge in [0.15, 0.2) is 45.9 Å². The summed E-state index contributed by atoms with van der Waals surface area (Å²) in [7, 11) is 0. The summed E-state index contributed by atoms with van der Waals surface area (Å²) in [5, 5.41) is 44.6. The first kappa shape index (κ1) is 62.7. The zero-order chi connectivity index (χ0) is 71.1. The van der Waals surface area contributed by atoms with Gasteiger partial charge in [0.25, 0.3) is 0 Å². The Kier molecular flexibility index (Phi) is 15.7. The zero-order valence-electron chi connectivity index (χ0n) is 54.7. The molecule has 14 heteroatoms. The second-order valence-corrected chi connectivity index (χ2v) is 24.6. The van der Waals surface area contributed by atoms with Crippen molar-refractivity contribution in [3.63, 3.8) is 0 Å². The van der Waals surface area contributed by atoms with Crippen LogP contribution in [0.5, 0.6) is 0 Å². The quantitative estimate of drug-likeness (QED) is 0.116. The van der Waals surface area contributed by atoms with Crippen molar-refractivity contribution in [1.82, 2.24) is 24.1 Å². The van der Waals surface area contributed by atoms with E-state index in [0.717, 1.165) is 105 Å². The minimum Gasteiger partial charge on any atom is -0.309 e. The summed E-state index contributed by atoms with van der Waals surface area (Å²) in [6.07, 6.45) is 0. The van der Waals surface area contributed by atoms with Gasteiger partial charge < -0.3 is 9.13 Å². The Bertz CT molecular complexity index is 6470. The van der Waals surface area contributed by atoms with Gasteiger partial charge in [0, 0.05) is 60.5 Å². The fourth-order valence-corrected chi connectivity index (χ4v) is 13.9. The third-order valence-corrected chi connectivity index (χ3v) is 18.8. The predicted octanol–water partition coefficient (Wildman–Crippen LogP) is 23.3. The van der Waals surface area contributed by atoms with Crippen LogP contribution in [-0.2, 0) is 0 Å². The van der Waals surface area contributed by atoms with Gasteiger partial charge in [-0.15, -0.1) is 0 Å². The van der Waals surface area contributed by atoms with E-state index < -0.39 is 0 Å². The molecule has 0 N–H and O–H groups in total. The largest absolute Gasteiger partial charge is 0.309 e. The highest BCUT2D eigenvalue weighted by molar-refractivity contribution is 6.14. The van der Waals surface area contributed by atoms with Gasteiger partial charge in [-0.1, -0.05) is 158 Å². The van der Waals surface area contributed by atoms with Crippen molar-refractivity contribution in [3.8, 4) is 137 Å². The smallest absolute Gasteiger partial charge is 0.196 e. The molecule has 0 saturated heterocycles. The van der Waals surface area contributed by atoms with E-state index in [-0.39, 0.29) is 0 Å². The van der Waals surface area contributed by atoms with Crippen molar-refractivity contribution in [3.05, 3.63) is 346 Å². The van der Waals surface area contributed by atoms with Gasteiger partial charge in [-0.3, -0.25) is 0 Å². The highest BCUT2D eigenvalue weighted by atomic mass is 15.1. The van der Waals surface area contributed by atoms with E-state index in [1.165, 1.54) is 0 Å². The monoisotopic (exact) mass is 1320 g/mol. The van der Waals surface area contributed by atoms with Gasteiger partial charge in [-0.2, -0.15) is 21.0 Å². The maximum absolute atomic E-state index is 10.6. The second kappa shape index (κ2) is 26.0. The molecule has 0 amide bonds. The van der Waals surface area contributed by atoms with E-state index >= 15 is 0 Å². The molecule has 3 aromatic heterocycles. The lowest BCUT2D eigenvalue weighted by atomic mass is 9.94. The summed E-state index contributed by atoms with van der Waals surface area (Å²) in [4.78, 5) is 34.7. The lowest BCUT2D eigenvalue weighted by Crippen LogP contribution is -2.04. The van der Waals surface area contributed by atoms with Crippen molar-refractivity contribution < 1.29 is 0 Å². The summed E-state index contributed by atoms with van der Waals surface area (Å²) in [5.41, 5.74) is 18.6. The molecule has 14 nitrogen and oxygen atoms in total. The molecule has 0 aliphatic heterocycles. The average Bonchev–Trinajstić information content (AvgIpc) is 1.47. The topological polar surface area (TPSA) is 165 Å². The number of hydrogen-bond donors (Lipinski definition) is 0. The Hall–Kier alpha value is -16.1. The first-order valence-electron chi connectivity index (χ1n) is 32.6. The van der Waals surface area contributed by atoms with Gasteiger partial charge in [-0.25, -0.2) is 39.2 Å². The molecule has 0 aliphatic rings. The highest BCUT2D eigenvalue weighted by Gasteiger charge is 2.26. The van der Waals surface area contributed by atoms with Crippen molar-refractivity contribution in [2.75, 3.05) is 0 Å². The Labute approximate surface area is 596 Å². The molecular formula is C90H44N14. The molecular weight excluding hydrogens is 1280 g/mol. The SMILES string of the molecule is [C-]#[N+]c1ccc(-c2ccc3c(c2)c2cc(-c4ccc([N+]#[C-])cc4[N+]#[C-])ccc2n3-c2ccc(-c3cccc(C#N)c3)cc2-c2ccc(-n3c4ccc(-c5ccc([N+]#[C-])cc5C#N)cc4c4cc(-c5ccc(C#N)cc5[N+]#[C-])ccc43)c(-c3nc(-c4ccccc4)nc(-c4ccccc4)n3)c2)c(C#N)c1. The van der Waals surface area contributed by atoms with E-state index in [1.807, 2.05) is 140 Å². The van der Waals surface area contributed by atoms with Gasteiger partial charge in [-0.05, 0) is 170 Å². The van der Waals surface area contributed by atoms with Crippen LogP contribution in [0.15, 0.2) is 267 Å². The molecule has 0 atom stereocenters. The van der Waals surface area contributed by atoms with Crippen LogP contribution in [0, 0.1) is 78.2 Å². The Morgan fingerprint density at radius 1 is 0.260 bits per heavy atom. The first-order chi connectivity index (χ1) is 51.1. The van der Waals surface area contributed by atoms with E-state index in [2.05, 4.69) is 112 Å². The van der Waals surface area contributed by atoms with Crippen molar-refractivity contribution >= 4 is 72.0 Å². The molecule has 0 unspecified atom stereocenters. The third kappa shape index (κ3) is 10.9. The zero-order valence-corrected chi connectivity index (χ0v) is 54.7. The van der Waals surface area contributed by atoms with E-state index in [4.69, 9.17) is 47.8 Å². The molecule has 0 spiro atoms. The molecule has 0 bridgehead atoms. The molecule has 104 heavy (non-hydrogen) atoms. The highest BCUT2D eigenvalue weighted by Crippen LogP contribution is 2.47. The van der Waals surface area contributed by atoms with Crippen LogP contribution < -0.4 is 0 Å². The lowest BCUT2D eigenvalue weighted by Gasteiger charge is -2.19. The number of hydrogen-bond acceptors (Lipinski definition) is 7. The molecule has 0 fully saturated rings. The number of rotatable bonds is 11. The van der Waals surface area contributed by atoms with Crippen LogP contribution in [0.1, 0.15) is 22.3 Å². The van der Waals surface area contributed by atoms with Crippen LogP contribution >= 0.6 is 0 Å². The van der Waals surface area contributed by atoms with Gasteiger partial charge in [0.2, 0.25) is 0 Å². The molecule has 474 valence electrons. The third-order valence-electron chi connectivity index (χ3n) is 18.8. The summed E-state index contributed by atoms with van der Waals surface area (Å²) in [6, 6.07) is 93.4. The lowest BCUT2D eigenvalue weighted by molar-refractivity contribution is 1.06. The Morgan fingerprint density at radius 2 is 0.635 bits per heavy atom. The van der Waals surface area contributed by atoms with E-state index in [9.17, 15) is 21.0 Å². The van der Waals surface area contributed by atoms with Crippen molar-refractivity contribution in [2.24, 2.45) is 0 Å². The Balaban J connectivity index is 1.01. The summed E-state index contributed by atoms with van der Waals surface area (Å²) >= 11 is 0. The van der Waals surface area contributed by atoms with Crippen LogP contribution in [0.3, 0.4) is 0 Å². The summed E-state index contributed by atoms with van der Waals surface area (Å²) in [5.74, 6) is 1.20. The van der Waals surface area contributed by atoms with Gasteiger partial charge in [0.05, 0.1) is 96.1 Å². The molecule has 0 radical (unpaired) electrons. The van der Waals surface area contributed by atoms with Crippen LogP contribution in [-0.4, -0.2) is 24.1 Å². The molecule has 0 aliphatic carbocycles. The van der Waals surface area contributed by atoms with Crippen molar-refractivity contribution in [2.45, 2.75) is 0 Å². The van der Waals surface area contributed by atoms with Crippen LogP contribution in [0.25, 0.3) is 180 Å². The number of nitriles is 4. The number of benzene rings is 13. The minimum atomic E-state index is 0.316. The first-order valence-corrected chi connectivity index (χ1v) is 32.6. The number of fused-ring (bicyclic) bond motifs is 6. The summed E-state index contributed by atoms with van der Waals surface area (Å²) in [6.45, 7) is 39.8. The fourth-order valence-electron chi connectivity index (χ4n) is 13.9. The predicted molar refractivity (Wildman–Crippen MR) is 408 cm³/mol. The second-order valence-electron chi connectivity index (χ2n) is 24.6. The maximum Gasteiger partial charge on any atom is 0.196 e. The van der Waals surface area contributed by atoms with Gasteiger partial charge >= 0.3 is 0 Å². The standard InChI is InChI=1S/C90H44N14/c1-95-67-26-30-70(65(41-67)52-93)60-21-34-83-75(44-60)77-47-63(73-32-28-69(97-3)49-81(73)99-5)24-36-84(77)103(83)82-33-20-59(58-18-12-13-54(39-58)50-91)43-74(82)64-25-38-87(79(48-64)90-101-88(56-14-8-6-9-15-56)100-89(102-90)57-16-10-7-11-17-57)104-85-35-22-61(71-31-27-68(96-2)42-66(71)53-94)45-76(85)78-46-62(23-37-86(78)104)72-29-19-55(51-92)40-80(72)98-4/h6-49H. The maximum atomic E-state index is 10.6. The van der Waals surface area contributed by atoms with Gasteiger partial charge in [0.1, 0.15) is 0 Å². The number of nitrogens with zero attached hydrogens (tertiary/aromatic N) is 14.